The number of likely N-dealkylation sites (N-methyl/N-ethyl adjacent to an activating group) is 1. The van der Waals surface area contributed by atoms with Crippen molar-refractivity contribution in [3.05, 3.63) is 35.9 Å². The molecule has 0 spiro atoms. The molecule has 0 aliphatic carbocycles. The molecule has 1 aromatic rings. The van der Waals surface area contributed by atoms with E-state index in [1.807, 2.05) is 44.3 Å². The molecule has 4 nitrogen and oxygen atoms in total. The molecule has 0 aromatic heterocycles. The van der Waals surface area contributed by atoms with Gasteiger partial charge < -0.3 is 15.0 Å². The highest BCUT2D eigenvalue weighted by Crippen LogP contribution is 2.09. The van der Waals surface area contributed by atoms with E-state index in [4.69, 9.17) is 4.74 Å². The fourth-order valence-corrected chi connectivity index (χ4v) is 2.18. The van der Waals surface area contributed by atoms with Gasteiger partial charge in [0, 0.05) is 20.1 Å². The van der Waals surface area contributed by atoms with Crippen LogP contribution in [-0.4, -0.2) is 43.2 Å². The minimum Gasteiger partial charge on any atom is -0.375 e. The third-order valence-corrected chi connectivity index (χ3v) is 3.22. The maximum atomic E-state index is 12.3. The van der Waals surface area contributed by atoms with Gasteiger partial charge in [0.2, 0.25) is 5.91 Å². The van der Waals surface area contributed by atoms with Gasteiger partial charge in [-0.1, -0.05) is 30.3 Å². The summed E-state index contributed by atoms with van der Waals surface area (Å²) in [6, 6.07) is 9.77. The second-order valence-electron chi connectivity index (χ2n) is 4.69. The number of ether oxygens (including phenoxy) is 1. The van der Waals surface area contributed by atoms with Gasteiger partial charge in [0.1, 0.15) is 6.04 Å². The van der Waals surface area contributed by atoms with Crippen molar-refractivity contribution in [3.63, 3.8) is 0 Å². The lowest BCUT2D eigenvalue weighted by atomic mass is 10.1. The van der Waals surface area contributed by atoms with Crippen LogP contribution in [0.4, 0.5) is 0 Å². The first-order valence-corrected chi connectivity index (χ1v) is 6.32. The summed E-state index contributed by atoms with van der Waals surface area (Å²) < 4.78 is 5.50. The number of amides is 1. The Morgan fingerprint density at radius 1 is 1.44 bits per heavy atom. The Kier molecular flexibility index (Phi) is 4.33. The minimum atomic E-state index is -0.229. The van der Waals surface area contributed by atoms with Gasteiger partial charge in [-0.15, -0.1) is 0 Å². The van der Waals surface area contributed by atoms with Crippen molar-refractivity contribution in [2.24, 2.45) is 0 Å². The van der Waals surface area contributed by atoms with Gasteiger partial charge in [0.15, 0.2) is 0 Å². The van der Waals surface area contributed by atoms with Crippen LogP contribution < -0.4 is 5.32 Å². The van der Waals surface area contributed by atoms with E-state index in [-0.39, 0.29) is 18.1 Å². The van der Waals surface area contributed by atoms with Crippen molar-refractivity contribution in [3.8, 4) is 0 Å². The van der Waals surface area contributed by atoms with E-state index in [0.717, 1.165) is 12.1 Å². The van der Waals surface area contributed by atoms with Gasteiger partial charge in [-0.2, -0.15) is 0 Å². The molecular formula is C14H20N2O2. The summed E-state index contributed by atoms with van der Waals surface area (Å²) in [5.74, 6) is 0.0889. The van der Waals surface area contributed by atoms with Crippen LogP contribution in [0.2, 0.25) is 0 Å². The topological polar surface area (TPSA) is 41.6 Å². The molecule has 4 heteroatoms. The molecule has 1 heterocycles. The molecule has 1 N–H and O–H groups in total. The molecular weight excluding hydrogens is 228 g/mol. The van der Waals surface area contributed by atoms with E-state index in [9.17, 15) is 4.79 Å². The van der Waals surface area contributed by atoms with E-state index in [1.54, 1.807) is 4.90 Å². The van der Waals surface area contributed by atoms with Crippen LogP contribution in [0.1, 0.15) is 12.5 Å². The summed E-state index contributed by atoms with van der Waals surface area (Å²) >= 11 is 0. The molecule has 0 bridgehead atoms. The van der Waals surface area contributed by atoms with Gasteiger partial charge in [0.05, 0.1) is 12.7 Å². The normalized spacial score (nSPS) is 23.7. The standard InChI is InChI=1S/C14H20N2O2/c1-11-13(15-8-9-18-11)14(17)16(2)10-12-6-4-3-5-7-12/h3-7,11,13,15H,8-10H2,1-2H3/t11-,13+/m1/s1. The molecule has 1 aliphatic heterocycles. The zero-order valence-corrected chi connectivity index (χ0v) is 10.9. The molecule has 0 unspecified atom stereocenters. The lowest BCUT2D eigenvalue weighted by Crippen LogP contribution is -2.55. The van der Waals surface area contributed by atoms with Crippen LogP contribution in [0.5, 0.6) is 0 Å². The highest BCUT2D eigenvalue weighted by Gasteiger charge is 2.30. The van der Waals surface area contributed by atoms with Gasteiger partial charge in [-0.05, 0) is 12.5 Å². The predicted octanol–water partition coefficient (Wildman–Crippen LogP) is 1.02. The maximum absolute atomic E-state index is 12.3. The zero-order chi connectivity index (χ0) is 13.0. The zero-order valence-electron chi connectivity index (χ0n) is 10.9. The smallest absolute Gasteiger partial charge is 0.242 e. The molecule has 1 aliphatic rings. The first-order chi connectivity index (χ1) is 8.68. The van der Waals surface area contributed by atoms with E-state index < -0.39 is 0 Å². The highest BCUT2D eigenvalue weighted by molar-refractivity contribution is 5.82. The van der Waals surface area contributed by atoms with Gasteiger partial charge in [-0.3, -0.25) is 4.79 Å². The SMILES string of the molecule is C[C@H]1OCCN[C@@H]1C(=O)N(C)Cc1ccccc1. The van der Waals surface area contributed by atoms with E-state index in [1.165, 1.54) is 0 Å². The average molecular weight is 248 g/mol. The van der Waals surface area contributed by atoms with Gasteiger partial charge in [0.25, 0.3) is 0 Å². The maximum Gasteiger partial charge on any atom is 0.242 e. The Morgan fingerprint density at radius 3 is 2.83 bits per heavy atom. The molecule has 1 aromatic carbocycles. The number of benzene rings is 1. The van der Waals surface area contributed by atoms with Crippen molar-refractivity contribution >= 4 is 5.91 Å². The van der Waals surface area contributed by atoms with E-state index in [0.29, 0.717) is 13.2 Å². The fraction of sp³-hybridized carbons (Fsp3) is 0.500. The molecule has 1 fully saturated rings. The number of hydrogen-bond acceptors (Lipinski definition) is 3. The molecule has 2 atom stereocenters. The van der Waals surface area contributed by atoms with Crippen LogP contribution in [-0.2, 0) is 16.1 Å². The second-order valence-corrected chi connectivity index (χ2v) is 4.69. The molecule has 0 saturated carbocycles. The Morgan fingerprint density at radius 2 is 2.17 bits per heavy atom. The quantitative estimate of drug-likeness (QED) is 0.868. The highest BCUT2D eigenvalue weighted by atomic mass is 16.5. The Balaban J connectivity index is 1.96. The second kappa shape index (κ2) is 5.98. The van der Waals surface area contributed by atoms with E-state index in [2.05, 4.69) is 5.32 Å². The van der Waals surface area contributed by atoms with Crippen LogP contribution in [0.3, 0.4) is 0 Å². The lowest BCUT2D eigenvalue weighted by molar-refractivity contribution is -0.138. The number of carbonyl (C=O) groups is 1. The number of nitrogens with one attached hydrogen (secondary N) is 1. The monoisotopic (exact) mass is 248 g/mol. The predicted molar refractivity (Wildman–Crippen MR) is 70.1 cm³/mol. The first kappa shape index (κ1) is 13.1. The van der Waals surface area contributed by atoms with Crippen molar-refractivity contribution in [2.45, 2.75) is 25.6 Å². The van der Waals surface area contributed by atoms with Gasteiger partial charge >= 0.3 is 0 Å². The Labute approximate surface area is 108 Å². The van der Waals surface area contributed by atoms with Crippen molar-refractivity contribution < 1.29 is 9.53 Å². The van der Waals surface area contributed by atoms with E-state index >= 15 is 0 Å². The fourth-order valence-electron chi connectivity index (χ4n) is 2.18. The number of rotatable bonds is 3. The van der Waals surface area contributed by atoms with Crippen LogP contribution in [0.15, 0.2) is 30.3 Å². The minimum absolute atomic E-state index is 0.0653. The number of carbonyl (C=O) groups excluding carboxylic acids is 1. The first-order valence-electron chi connectivity index (χ1n) is 6.32. The molecule has 98 valence electrons. The number of morpholine rings is 1. The summed E-state index contributed by atoms with van der Waals surface area (Å²) in [5.41, 5.74) is 1.14. The Hall–Kier alpha value is -1.39. The van der Waals surface area contributed by atoms with Crippen molar-refractivity contribution in [2.75, 3.05) is 20.2 Å². The number of nitrogens with zero attached hydrogens (tertiary/aromatic N) is 1. The average Bonchev–Trinajstić information content (AvgIpc) is 2.39. The number of hydrogen-bond donors (Lipinski definition) is 1. The third-order valence-electron chi connectivity index (χ3n) is 3.22. The summed E-state index contributed by atoms with van der Waals surface area (Å²) in [6.45, 7) is 3.98. The molecule has 18 heavy (non-hydrogen) atoms. The molecule has 2 rings (SSSR count). The van der Waals surface area contributed by atoms with Crippen LogP contribution in [0.25, 0.3) is 0 Å². The summed E-state index contributed by atoms with van der Waals surface area (Å²) in [6.07, 6.45) is -0.0653. The van der Waals surface area contributed by atoms with Crippen molar-refractivity contribution in [1.29, 1.82) is 0 Å². The Bertz CT molecular complexity index is 394. The molecule has 0 radical (unpaired) electrons. The van der Waals surface area contributed by atoms with Gasteiger partial charge in [-0.25, -0.2) is 0 Å². The summed E-state index contributed by atoms with van der Waals surface area (Å²) in [5, 5.41) is 3.22. The largest absolute Gasteiger partial charge is 0.375 e. The lowest BCUT2D eigenvalue weighted by Gasteiger charge is -2.32. The molecule has 1 saturated heterocycles. The van der Waals surface area contributed by atoms with Crippen LogP contribution >= 0.6 is 0 Å². The van der Waals surface area contributed by atoms with Crippen LogP contribution in [0, 0.1) is 0 Å². The van der Waals surface area contributed by atoms with Crippen molar-refractivity contribution in [1.82, 2.24) is 10.2 Å². The summed E-state index contributed by atoms with van der Waals surface area (Å²) in [7, 11) is 1.83. The molecule has 1 amide bonds. The third kappa shape index (κ3) is 3.09. The summed E-state index contributed by atoms with van der Waals surface area (Å²) in [4.78, 5) is 14.0.